The molecule has 14 heterocycles. The fraction of sp³-hybridized carbons (Fsp3) is 0. The molecule has 528 valence electrons. The zero-order chi connectivity index (χ0) is 75.2. The maximum Gasteiger partial charge on any atom is 0.0979 e. The van der Waals surface area contributed by atoms with Crippen LogP contribution in [0.15, 0.2) is 353 Å². The van der Waals surface area contributed by atoms with Gasteiger partial charge in [0.15, 0.2) is 0 Å². The van der Waals surface area contributed by atoms with E-state index in [4.69, 9.17) is 24.9 Å². The van der Waals surface area contributed by atoms with Crippen molar-refractivity contribution < 1.29 is 0 Å². The quantitative estimate of drug-likeness (QED) is 0.113. The predicted octanol–water partition coefficient (Wildman–Crippen LogP) is 23.9. The molecule has 0 fully saturated rings. The monoisotopic (exact) mass is 1450 g/mol. The van der Waals surface area contributed by atoms with Crippen molar-refractivity contribution in [3.05, 3.63) is 353 Å². The second-order valence-electron chi connectivity index (χ2n) is 28.3. The molecule has 0 aliphatic rings. The summed E-state index contributed by atoms with van der Waals surface area (Å²) in [5, 5.41) is 16.1. The van der Waals surface area contributed by atoms with Crippen molar-refractivity contribution in [2.24, 2.45) is 0 Å². The Morgan fingerprint density at radius 2 is 0.456 bits per heavy atom. The first kappa shape index (κ1) is 65.3. The van der Waals surface area contributed by atoms with E-state index >= 15 is 0 Å². The first-order valence-electron chi connectivity index (χ1n) is 37.7. The van der Waals surface area contributed by atoms with Gasteiger partial charge in [-0.1, -0.05) is 182 Å². The van der Waals surface area contributed by atoms with Gasteiger partial charge in [-0.25, -0.2) is 15.0 Å². The van der Waals surface area contributed by atoms with Gasteiger partial charge in [-0.2, -0.15) is 0 Å². The minimum atomic E-state index is 0.886. The lowest BCUT2D eigenvalue weighted by Crippen LogP contribution is -1.94. The summed E-state index contributed by atoms with van der Waals surface area (Å²) >= 11 is 0. The zero-order valence-corrected chi connectivity index (χ0v) is 60.7. The van der Waals surface area contributed by atoms with E-state index in [2.05, 4.69) is 257 Å². The van der Waals surface area contributed by atoms with Gasteiger partial charge in [0, 0.05) is 182 Å². The first-order valence-corrected chi connectivity index (χ1v) is 37.7. The number of hydrogen-bond donors (Lipinski definition) is 0. The highest BCUT2D eigenvalue weighted by molar-refractivity contribution is 6.20. The molecule has 0 unspecified atom stereocenters. The van der Waals surface area contributed by atoms with Crippen LogP contribution in [0.3, 0.4) is 0 Å². The minimum absolute atomic E-state index is 0.886. The van der Waals surface area contributed by atoms with Crippen LogP contribution in [0, 0.1) is 0 Å². The summed E-state index contributed by atoms with van der Waals surface area (Å²) in [6.45, 7) is 0. The molecule has 10 aromatic carbocycles. The molecule has 0 atom stereocenters. The van der Waals surface area contributed by atoms with Gasteiger partial charge in [-0.05, 0) is 125 Å². The SMILES string of the molecule is c1cnc2c(c1)cc(-c1ccc(-c3c4ccccc4nc4c3ccc3cccnc34)cc1)c1cccnc12.c1cnc2c(c1)cc(-c1ccc(-c3c4ccccc4nc4c3ccc3cccnc34)cn1)c1cccnc12.c1cnc2c(c1)cc(-c1ccc(-c3c4ccccc4nc4c3ccc3cccnc34)nc1)c1cccnc12. The molecular formula is C100H58N14. The summed E-state index contributed by atoms with van der Waals surface area (Å²) in [6, 6.07) is 98.1. The highest BCUT2D eigenvalue weighted by atomic mass is 14.8. The number of benzene rings is 10. The Kier molecular flexibility index (Phi) is 15.5. The third-order valence-corrected chi connectivity index (χ3v) is 21.8. The summed E-state index contributed by atoms with van der Waals surface area (Å²) in [4.78, 5) is 66.9. The maximum atomic E-state index is 5.04. The van der Waals surface area contributed by atoms with Gasteiger partial charge in [0.25, 0.3) is 0 Å². The Balaban J connectivity index is 0.000000104. The number of hydrogen-bond acceptors (Lipinski definition) is 14. The summed E-state index contributed by atoms with van der Waals surface area (Å²) in [7, 11) is 0. The van der Waals surface area contributed by atoms with Crippen LogP contribution in [0.5, 0.6) is 0 Å². The van der Waals surface area contributed by atoms with Gasteiger partial charge in [-0.15, -0.1) is 0 Å². The molecule has 0 saturated heterocycles. The van der Waals surface area contributed by atoms with Gasteiger partial charge < -0.3 is 0 Å². The Morgan fingerprint density at radius 1 is 0.158 bits per heavy atom. The zero-order valence-electron chi connectivity index (χ0n) is 60.7. The van der Waals surface area contributed by atoms with E-state index in [-0.39, 0.29) is 0 Å². The Hall–Kier alpha value is -15.8. The molecule has 0 saturated carbocycles. The summed E-state index contributed by atoms with van der Waals surface area (Å²) in [6.07, 6.45) is 20.3. The van der Waals surface area contributed by atoms with E-state index in [0.29, 0.717) is 0 Å². The largest absolute Gasteiger partial charge is 0.256 e. The lowest BCUT2D eigenvalue weighted by molar-refractivity contribution is 1.33. The lowest BCUT2D eigenvalue weighted by Gasteiger charge is -2.14. The lowest BCUT2D eigenvalue weighted by atomic mass is 9.92. The van der Waals surface area contributed by atoms with Gasteiger partial charge in [0.2, 0.25) is 0 Å². The molecule has 114 heavy (non-hydrogen) atoms. The number of para-hydroxylation sites is 3. The number of fused-ring (bicyclic) bond motifs is 21. The third-order valence-electron chi connectivity index (χ3n) is 21.8. The molecule has 0 spiro atoms. The van der Waals surface area contributed by atoms with E-state index in [1.807, 2.05) is 141 Å². The van der Waals surface area contributed by atoms with Crippen LogP contribution in [0.2, 0.25) is 0 Å². The molecule has 0 amide bonds. The fourth-order valence-electron chi connectivity index (χ4n) is 16.6. The second-order valence-corrected chi connectivity index (χ2v) is 28.3. The molecule has 0 aliphatic heterocycles. The minimum Gasteiger partial charge on any atom is -0.256 e. The van der Waals surface area contributed by atoms with E-state index < -0.39 is 0 Å². The normalized spacial score (nSPS) is 11.7. The molecule has 0 bridgehead atoms. The van der Waals surface area contributed by atoms with E-state index in [9.17, 15) is 0 Å². The maximum absolute atomic E-state index is 5.04. The molecule has 0 radical (unpaired) electrons. The van der Waals surface area contributed by atoms with Crippen LogP contribution in [0.25, 0.3) is 231 Å². The molecule has 24 rings (SSSR count). The van der Waals surface area contributed by atoms with Crippen LogP contribution in [-0.4, -0.2) is 69.8 Å². The fourth-order valence-corrected chi connectivity index (χ4v) is 16.6. The molecule has 0 N–H and O–H groups in total. The smallest absolute Gasteiger partial charge is 0.0979 e. The highest BCUT2D eigenvalue weighted by Gasteiger charge is 2.22. The van der Waals surface area contributed by atoms with Crippen molar-refractivity contribution in [1.82, 2.24) is 69.8 Å². The summed E-state index contributed by atoms with van der Waals surface area (Å²) in [5.41, 5.74) is 26.6. The standard InChI is InChI=1S/C34H20N4.2C33H19N5/c1-2-10-29-26(8-1)30(27-16-15-23-6-3-17-35-31(23)34(27)38-29)22-13-11-21(12-14-22)28-20-24-7-4-18-36-32(24)33-25(28)9-5-19-37-33;1-2-10-28-24(8-1)29(25-13-11-20-6-3-15-34-30(20)33(25)38-28)22-12-14-27(37-19-22)26-18-21-7-4-16-35-31(21)32-23(26)9-5-17-36-32;1-2-10-27-24(8-1)29(25-13-11-20-6-3-15-34-30(20)33(25)38-27)28-14-12-22(19-37-28)26-18-21-7-4-16-35-31(21)32-23(26)9-5-17-36-32/h1-20H;2*1-19H. The second kappa shape index (κ2) is 27.1. The average molecular weight is 1460 g/mol. The Labute approximate surface area is 649 Å². The molecule has 0 aliphatic carbocycles. The summed E-state index contributed by atoms with van der Waals surface area (Å²) < 4.78 is 0. The van der Waals surface area contributed by atoms with Gasteiger partial charge in [0.05, 0.1) is 94.1 Å². The van der Waals surface area contributed by atoms with Crippen molar-refractivity contribution >= 4 is 164 Å². The van der Waals surface area contributed by atoms with Crippen molar-refractivity contribution in [1.29, 1.82) is 0 Å². The van der Waals surface area contributed by atoms with Gasteiger partial charge in [-0.3, -0.25) is 54.8 Å². The van der Waals surface area contributed by atoms with Crippen molar-refractivity contribution in [3.8, 4) is 67.0 Å². The third kappa shape index (κ3) is 11.0. The van der Waals surface area contributed by atoms with Crippen molar-refractivity contribution in [3.63, 3.8) is 0 Å². The van der Waals surface area contributed by atoms with Gasteiger partial charge >= 0.3 is 0 Å². The number of aromatic nitrogens is 14. The molecule has 14 aromatic heterocycles. The Morgan fingerprint density at radius 3 is 0.877 bits per heavy atom. The van der Waals surface area contributed by atoms with Crippen LogP contribution in [0.4, 0.5) is 0 Å². The van der Waals surface area contributed by atoms with Crippen molar-refractivity contribution in [2.45, 2.75) is 0 Å². The summed E-state index contributed by atoms with van der Waals surface area (Å²) in [5.74, 6) is 0. The van der Waals surface area contributed by atoms with E-state index in [0.717, 1.165) is 225 Å². The van der Waals surface area contributed by atoms with Crippen LogP contribution in [-0.2, 0) is 0 Å². The number of rotatable bonds is 6. The Bertz CT molecular complexity index is 7310. The predicted molar refractivity (Wildman–Crippen MR) is 464 cm³/mol. The molecule has 14 heteroatoms. The first-order chi connectivity index (χ1) is 56.5. The van der Waals surface area contributed by atoms with Crippen LogP contribution < -0.4 is 0 Å². The van der Waals surface area contributed by atoms with Crippen LogP contribution in [0.1, 0.15) is 0 Å². The van der Waals surface area contributed by atoms with Crippen LogP contribution >= 0.6 is 0 Å². The van der Waals surface area contributed by atoms with E-state index in [1.165, 1.54) is 5.56 Å². The number of nitrogens with zero attached hydrogens (tertiary/aromatic N) is 14. The molecule has 14 nitrogen and oxygen atoms in total. The number of pyridine rings is 14. The average Bonchev–Trinajstić information content (AvgIpc) is 0.741. The molecular weight excluding hydrogens is 1400 g/mol. The highest BCUT2D eigenvalue weighted by Crippen LogP contribution is 2.44. The van der Waals surface area contributed by atoms with E-state index in [1.54, 1.807) is 0 Å². The topological polar surface area (TPSA) is 180 Å². The van der Waals surface area contributed by atoms with Crippen molar-refractivity contribution in [2.75, 3.05) is 0 Å². The molecule has 24 aromatic rings. The van der Waals surface area contributed by atoms with Gasteiger partial charge in [0.1, 0.15) is 0 Å².